The SMILES string of the molecule is CCCc1[nH]nc(C(N)=O)c1CNC(=O)c1cc(S(=O)(=O)Cl)ccc1OCC. The molecule has 28 heavy (non-hydrogen) atoms. The Balaban J connectivity index is 2.33. The quantitative estimate of drug-likeness (QED) is 0.518. The van der Waals surface area contributed by atoms with E-state index in [0.717, 1.165) is 12.5 Å². The number of hydrogen-bond acceptors (Lipinski definition) is 6. The highest BCUT2D eigenvalue weighted by Gasteiger charge is 2.21. The van der Waals surface area contributed by atoms with Gasteiger partial charge in [0.05, 0.1) is 17.1 Å². The number of benzene rings is 1. The van der Waals surface area contributed by atoms with Crippen molar-refractivity contribution < 1.29 is 22.7 Å². The first-order valence-corrected chi connectivity index (χ1v) is 10.9. The van der Waals surface area contributed by atoms with Crippen molar-refractivity contribution in [2.45, 2.75) is 38.1 Å². The normalized spacial score (nSPS) is 11.2. The van der Waals surface area contributed by atoms with Gasteiger partial charge in [-0.1, -0.05) is 13.3 Å². The molecule has 0 spiro atoms. The van der Waals surface area contributed by atoms with Crippen LogP contribution in [0.2, 0.25) is 0 Å². The number of nitrogens with zero attached hydrogens (tertiary/aromatic N) is 1. The topological polar surface area (TPSA) is 144 Å². The van der Waals surface area contributed by atoms with Gasteiger partial charge in [-0.05, 0) is 31.5 Å². The third-order valence-electron chi connectivity index (χ3n) is 3.89. The number of rotatable bonds is 9. The Morgan fingerprint density at radius 2 is 2.04 bits per heavy atom. The number of aromatic nitrogens is 2. The van der Waals surface area contributed by atoms with E-state index in [4.69, 9.17) is 21.2 Å². The van der Waals surface area contributed by atoms with Crippen LogP contribution in [0.4, 0.5) is 0 Å². The second kappa shape index (κ2) is 9.07. The van der Waals surface area contributed by atoms with Gasteiger partial charge in [0.1, 0.15) is 5.75 Å². The molecule has 0 saturated carbocycles. The average Bonchev–Trinajstić information content (AvgIpc) is 3.02. The van der Waals surface area contributed by atoms with Gasteiger partial charge in [0.15, 0.2) is 5.69 Å². The number of nitrogens with two attached hydrogens (primary N) is 1. The molecule has 0 atom stereocenters. The van der Waals surface area contributed by atoms with E-state index in [1.165, 1.54) is 12.1 Å². The molecule has 9 nitrogen and oxygen atoms in total. The summed E-state index contributed by atoms with van der Waals surface area (Å²) in [5.41, 5.74) is 6.57. The molecule has 2 rings (SSSR count). The Labute approximate surface area is 167 Å². The van der Waals surface area contributed by atoms with Crippen LogP contribution in [0.15, 0.2) is 23.1 Å². The molecule has 0 aliphatic carbocycles. The van der Waals surface area contributed by atoms with Gasteiger partial charge in [0, 0.05) is 28.5 Å². The molecule has 0 radical (unpaired) electrons. The van der Waals surface area contributed by atoms with Gasteiger partial charge < -0.3 is 15.8 Å². The number of aryl methyl sites for hydroxylation is 1. The summed E-state index contributed by atoms with van der Waals surface area (Å²) >= 11 is 0. The van der Waals surface area contributed by atoms with Crippen LogP contribution in [-0.4, -0.2) is 37.0 Å². The summed E-state index contributed by atoms with van der Waals surface area (Å²) in [5, 5.41) is 9.31. The van der Waals surface area contributed by atoms with Gasteiger partial charge in [-0.2, -0.15) is 5.10 Å². The highest BCUT2D eigenvalue weighted by atomic mass is 35.7. The maximum Gasteiger partial charge on any atom is 0.269 e. The van der Waals surface area contributed by atoms with Crippen molar-refractivity contribution in [3.63, 3.8) is 0 Å². The Hall–Kier alpha value is -2.59. The van der Waals surface area contributed by atoms with E-state index in [2.05, 4.69) is 15.5 Å². The van der Waals surface area contributed by atoms with Crippen LogP contribution in [0.25, 0.3) is 0 Å². The number of carbonyl (C=O) groups excluding carboxylic acids is 2. The summed E-state index contributed by atoms with van der Waals surface area (Å²) in [4.78, 5) is 24.0. The second-order valence-electron chi connectivity index (χ2n) is 5.86. The van der Waals surface area contributed by atoms with E-state index >= 15 is 0 Å². The molecule has 152 valence electrons. The van der Waals surface area contributed by atoms with Crippen LogP contribution in [0.3, 0.4) is 0 Å². The first-order valence-electron chi connectivity index (χ1n) is 8.54. The number of primary amides is 1. The monoisotopic (exact) mass is 428 g/mol. The van der Waals surface area contributed by atoms with Gasteiger partial charge >= 0.3 is 0 Å². The van der Waals surface area contributed by atoms with Crippen molar-refractivity contribution in [1.82, 2.24) is 15.5 Å². The lowest BCUT2D eigenvalue weighted by Gasteiger charge is -2.12. The molecule has 1 aromatic carbocycles. The largest absolute Gasteiger partial charge is 0.493 e. The molecule has 0 unspecified atom stereocenters. The third kappa shape index (κ3) is 5.02. The zero-order valence-electron chi connectivity index (χ0n) is 15.4. The number of amides is 2. The number of H-pyrrole nitrogens is 1. The second-order valence-corrected chi connectivity index (χ2v) is 8.42. The molecule has 4 N–H and O–H groups in total. The number of halogens is 1. The number of aromatic amines is 1. The number of ether oxygens (including phenoxy) is 1. The minimum atomic E-state index is -4.02. The van der Waals surface area contributed by atoms with Crippen LogP contribution >= 0.6 is 10.7 Å². The fourth-order valence-electron chi connectivity index (χ4n) is 2.64. The van der Waals surface area contributed by atoms with Gasteiger partial charge in [0.25, 0.3) is 20.9 Å². The van der Waals surface area contributed by atoms with Crippen molar-refractivity contribution in [3.05, 3.63) is 40.7 Å². The fourth-order valence-corrected chi connectivity index (χ4v) is 3.41. The zero-order chi connectivity index (χ0) is 20.9. The van der Waals surface area contributed by atoms with Crippen LogP contribution in [0, 0.1) is 0 Å². The molecule has 1 aromatic heterocycles. The highest BCUT2D eigenvalue weighted by Crippen LogP contribution is 2.25. The summed E-state index contributed by atoms with van der Waals surface area (Å²) < 4.78 is 28.6. The lowest BCUT2D eigenvalue weighted by molar-refractivity contribution is 0.0942. The zero-order valence-corrected chi connectivity index (χ0v) is 17.0. The van der Waals surface area contributed by atoms with Gasteiger partial charge in [-0.3, -0.25) is 14.7 Å². The molecule has 0 aliphatic heterocycles. The molecule has 2 amide bonds. The van der Waals surface area contributed by atoms with Gasteiger partial charge in [-0.25, -0.2) is 8.42 Å². The molecule has 0 bridgehead atoms. The van der Waals surface area contributed by atoms with E-state index in [0.29, 0.717) is 17.7 Å². The summed E-state index contributed by atoms with van der Waals surface area (Å²) in [6.07, 6.45) is 1.42. The first kappa shape index (κ1) is 21.7. The number of hydrogen-bond donors (Lipinski definition) is 3. The predicted molar refractivity (Wildman–Crippen MR) is 103 cm³/mol. The van der Waals surface area contributed by atoms with Crippen LogP contribution in [0.1, 0.15) is 52.4 Å². The van der Waals surface area contributed by atoms with E-state index in [9.17, 15) is 18.0 Å². The van der Waals surface area contributed by atoms with Crippen molar-refractivity contribution in [3.8, 4) is 5.75 Å². The average molecular weight is 429 g/mol. The maximum atomic E-state index is 12.7. The summed E-state index contributed by atoms with van der Waals surface area (Å²) in [7, 11) is 1.35. The predicted octanol–water partition coefficient (Wildman–Crippen LogP) is 1.72. The minimum Gasteiger partial charge on any atom is -0.493 e. The molecule has 2 aromatic rings. The minimum absolute atomic E-state index is 0.00439. The smallest absolute Gasteiger partial charge is 0.269 e. The van der Waals surface area contributed by atoms with E-state index < -0.39 is 20.9 Å². The lowest BCUT2D eigenvalue weighted by atomic mass is 10.1. The molecular formula is C17H21ClN4O5S. The standard InChI is InChI=1S/C17H21ClN4O5S/c1-3-5-13-12(15(16(19)23)22-21-13)9-20-17(24)11-8-10(28(18,25)26)6-7-14(11)27-4-2/h6-8H,3-5,9H2,1-2H3,(H2,19,23)(H,20,24)(H,21,22). The van der Waals surface area contributed by atoms with Gasteiger partial charge in [0.2, 0.25) is 0 Å². The van der Waals surface area contributed by atoms with Crippen molar-refractivity contribution in [1.29, 1.82) is 0 Å². The summed E-state index contributed by atoms with van der Waals surface area (Å²) in [5.74, 6) is -1.10. The van der Waals surface area contributed by atoms with Crippen LogP contribution in [0.5, 0.6) is 5.75 Å². The van der Waals surface area contributed by atoms with Crippen molar-refractivity contribution in [2.24, 2.45) is 5.73 Å². The fraction of sp³-hybridized carbons (Fsp3) is 0.353. The van der Waals surface area contributed by atoms with Crippen molar-refractivity contribution >= 4 is 31.5 Å². The number of carbonyl (C=O) groups is 2. The third-order valence-corrected chi connectivity index (χ3v) is 5.24. The van der Waals surface area contributed by atoms with E-state index in [-0.39, 0.29) is 35.1 Å². The summed E-state index contributed by atoms with van der Waals surface area (Å²) in [6, 6.07) is 3.76. The maximum absolute atomic E-state index is 12.7. The lowest BCUT2D eigenvalue weighted by Crippen LogP contribution is -2.26. The van der Waals surface area contributed by atoms with Crippen LogP contribution in [-0.2, 0) is 22.0 Å². The molecule has 0 aliphatic rings. The Bertz CT molecular complexity index is 987. The summed E-state index contributed by atoms with van der Waals surface area (Å²) in [6.45, 7) is 3.95. The Kier molecular flexibility index (Phi) is 7.03. The Morgan fingerprint density at radius 3 is 2.61 bits per heavy atom. The molecule has 0 fully saturated rings. The molecular weight excluding hydrogens is 408 g/mol. The van der Waals surface area contributed by atoms with E-state index in [1.807, 2.05) is 6.92 Å². The van der Waals surface area contributed by atoms with Crippen molar-refractivity contribution in [2.75, 3.05) is 6.61 Å². The van der Waals surface area contributed by atoms with Gasteiger partial charge in [-0.15, -0.1) is 0 Å². The van der Waals surface area contributed by atoms with E-state index in [1.54, 1.807) is 6.92 Å². The van der Waals surface area contributed by atoms with Crippen LogP contribution < -0.4 is 15.8 Å². The molecule has 1 heterocycles. The Morgan fingerprint density at radius 1 is 1.32 bits per heavy atom. The molecule has 11 heteroatoms. The molecule has 0 saturated heterocycles. The highest BCUT2D eigenvalue weighted by molar-refractivity contribution is 8.13. The first-order chi connectivity index (χ1) is 13.2. The number of nitrogens with one attached hydrogen (secondary N) is 2.